The van der Waals surface area contributed by atoms with Crippen LogP contribution in [0, 0.1) is 6.92 Å². The standard InChI is InChI=1S/C11H15NO5S/c1-7(6-13)12-18(16,17)10-5-3-4-9(8(10)2)11(14)15/h3-5,7,12-13H,6H2,1-2H3,(H,14,15)/t7-/m0/s1. The summed E-state index contributed by atoms with van der Waals surface area (Å²) in [5.41, 5.74) is 0.108. The van der Waals surface area contributed by atoms with Crippen LogP contribution >= 0.6 is 0 Å². The van der Waals surface area contributed by atoms with Crippen molar-refractivity contribution >= 4 is 16.0 Å². The normalized spacial score (nSPS) is 13.3. The first-order valence-corrected chi connectivity index (χ1v) is 6.74. The van der Waals surface area contributed by atoms with Gasteiger partial charge in [0.05, 0.1) is 17.1 Å². The van der Waals surface area contributed by atoms with E-state index in [4.69, 9.17) is 10.2 Å². The van der Waals surface area contributed by atoms with E-state index in [0.717, 1.165) is 0 Å². The highest BCUT2D eigenvalue weighted by Gasteiger charge is 2.22. The summed E-state index contributed by atoms with van der Waals surface area (Å²) in [6.07, 6.45) is 0. The lowest BCUT2D eigenvalue weighted by atomic mass is 10.1. The predicted molar refractivity (Wildman–Crippen MR) is 65.0 cm³/mol. The van der Waals surface area contributed by atoms with Crippen molar-refractivity contribution in [2.24, 2.45) is 0 Å². The maximum Gasteiger partial charge on any atom is 0.335 e. The Morgan fingerprint density at radius 3 is 2.56 bits per heavy atom. The number of nitrogens with one attached hydrogen (secondary N) is 1. The summed E-state index contributed by atoms with van der Waals surface area (Å²) in [5.74, 6) is -1.18. The van der Waals surface area contributed by atoms with Crippen molar-refractivity contribution in [2.45, 2.75) is 24.8 Å². The second kappa shape index (κ2) is 5.47. The quantitative estimate of drug-likeness (QED) is 0.718. The van der Waals surface area contributed by atoms with Crippen LogP contribution in [0.1, 0.15) is 22.8 Å². The number of carboxylic acids is 1. The molecule has 0 saturated carbocycles. The Balaban J connectivity index is 3.26. The Hall–Kier alpha value is -1.44. The number of aliphatic hydroxyl groups excluding tert-OH is 1. The van der Waals surface area contributed by atoms with Crippen LogP contribution in [-0.2, 0) is 10.0 Å². The molecule has 0 saturated heterocycles. The van der Waals surface area contributed by atoms with Crippen LogP contribution in [0.25, 0.3) is 0 Å². The van der Waals surface area contributed by atoms with E-state index in [-0.39, 0.29) is 22.6 Å². The van der Waals surface area contributed by atoms with Gasteiger partial charge in [-0.2, -0.15) is 0 Å². The molecule has 7 heteroatoms. The summed E-state index contributed by atoms with van der Waals surface area (Å²) in [6.45, 7) is 2.60. The van der Waals surface area contributed by atoms with E-state index in [1.807, 2.05) is 0 Å². The molecular weight excluding hydrogens is 258 g/mol. The van der Waals surface area contributed by atoms with Crippen molar-refractivity contribution < 1.29 is 23.4 Å². The summed E-state index contributed by atoms with van der Waals surface area (Å²) in [7, 11) is -3.83. The highest BCUT2D eigenvalue weighted by molar-refractivity contribution is 7.89. The van der Waals surface area contributed by atoms with Gasteiger partial charge in [-0.1, -0.05) is 6.07 Å². The Labute approximate surface area is 105 Å². The largest absolute Gasteiger partial charge is 0.478 e. The van der Waals surface area contributed by atoms with Gasteiger partial charge in [0.2, 0.25) is 10.0 Å². The minimum atomic E-state index is -3.83. The molecular formula is C11H15NO5S. The van der Waals surface area contributed by atoms with Crippen molar-refractivity contribution in [1.29, 1.82) is 0 Å². The van der Waals surface area contributed by atoms with E-state index in [1.165, 1.54) is 32.0 Å². The number of carbonyl (C=O) groups is 1. The molecule has 100 valence electrons. The van der Waals surface area contributed by atoms with Crippen LogP contribution in [-0.4, -0.2) is 37.2 Å². The van der Waals surface area contributed by atoms with E-state index in [0.29, 0.717) is 0 Å². The first-order valence-electron chi connectivity index (χ1n) is 5.25. The number of hydrogen-bond donors (Lipinski definition) is 3. The number of benzene rings is 1. The molecule has 1 aromatic carbocycles. The first kappa shape index (κ1) is 14.6. The molecule has 0 bridgehead atoms. The van der Waals surface area contributed by atoms with Gasteiger partial charge in [-0.25, -0.2) is 17.9 Å². The maximum atomic E-state index is 12.0. The Bertz CT molecular complexity index is 553. The van der Waals surface area contributed by atoms with E-state index in [1.54, 1.807) is 0 Å². The summed E-state index contributed by atoms with van der Waals surface area (Å²) < 4.78 is 26.2. The fourth-order valence-electron chi connectivity index (χ4n) is 1.50. The third kappa shape index (κ3) is 3.06. The van der Waals surface area contributed by atoms with Crippen molar-refractivity contribution in [2.75, 3.05) is 6.61 Å². The zero-order valence-corrected chi connectivity index (χ0v) is 10.9. The van der Waals surface area contributed by atoms with E-state index in [2.05, 4.69) is 4.72 Å². The van der Waals surface area contributed by atoms with E-state index in [9.17, 15) is 13.2 Å². The number of aliphatic hydroxyl groups is 1. The van der Waals surface area contributed by atoms with Crippen LogP contribution in [0.4, 0.5) is 0 Å². The lowest BCUT2D eigenvalue weighted by Crippen LogP contribution is -2.35. The lowest BCUT2D eigenvalue weighted by Gasteiger charge is -2.14. The molecule has 1 rings (SSSR count). The highest BCUT2D eigenvalue weighted by atomic mass is 32.2. The van der Waals surface area contributed by atoms with Gasteiger partial charge in [0, 0.05) is 6.04 Å². The molecule has 0 aliphatic carbocycles. The van der Waals surface area contributed by atoms with Crippen molar-refractivity contribution in [3.05, 3.63) is 29.3 Å². The molecule has 0 aliphatic heterocycles. The summed E-state index contributed by atoms with van der Waals surface area (Å²) in [6, 6.07) is 3.40. The lowest BCUT2D eigenvalue weighted by molar-refractivity contribution is 0.0696. The van der Waals surface area contributed by atoms with Gasteiger partial charge >= 0.3 is 5.97 Å². The Kier molecular flexibility index (Phi) is 4.44. The number of hydrogen-bond acceptors (Lipinski definition) is 4. The van der Waals surface area contributed by atoms with Crippen LogP contribution in [0.5, 0.6) is 0 Å². The molecule has 6 nitrogen and oxygen atoms in total. The van der Waals surface area contributed by atoms with Gasteiger partial charge in [0.25, 0.3) is 0 Å². The molecule has 0 aromatic heterocycles. The number of rotatable bonds is 5. The van der Waals surface area contributed by atoms with Gasteiger partial charge in [-0.3, -0.25) is 0 Å². The average molecular weight is 273 g/mol. The molecule has 0 fully saturated rings. The zero-order valence-electron chi connectivity index (χ0n) is 10.0. The number of carboxylic acid groups (broad SMARTS) is 1. The van der Waals surface area contributed by atoms with Crippen LogP contribution in [0.2, 0.25) is 0 Å². The molecule has 0 amide bonds. The van der Waals surface area contributed by atoms with E-state index >= 15 is 0 Å². The summed E-state index contributed by atoms with van der Waals surface area (Å²) >= 11 is 0. The third-order valence-electron chi connectivity index (χ3n) is 2.43. The maximum absolute atomic E-state index is 12.0. The van der Waals surface area contributed by atoms with Crippen molar-refractivity contribution in [3.8, 4) is 0 Å². The minimum absolute atomic E-state index is 0.0606. The average Bonchev–Trinajstić information content (AvgIpc) is 2.27. The molecule has 0 radical (unpaired) electrons. The van der Waals surface area contributed by atoms with Crippen LogP contribution in [0.3, 0.4) is 0 Å². The predicted octanol–water partition coefficient (Wildman–Crippen LogP) is 0.352. The second-order valence-corrected chi connectivity index (χ2v) is 5.62. The molecule has 1 atom stereocenters. The molecule has 0 aliphatic rings. The smallest absolute Gasteiger partial charge is 0.335 e. The fourth-order valence-corrected chi connectivity index (χ4v) is 3.00. The Morgan fingerprint density at radius 2 is 2.06 bits per heavy atom. The molecule has 0 unspecified atom stereocenters. The van der Waals surface area contributed by atoms with Gasteiger partial charge < -0.3 is 10.2 Å². The van der Waals surface area contributed by atoms with Gasteiger partial charge in [0.15, 0.2) is 0 Å². The molecule has 3 N–H and O–H groups in total. The molecule has 18 heavy (non-hydrogen) atoms. The van der Waals surface area contributed by atoms with E-state index < -0.39 is 22.0 Å². The third-order valence-corrected chi connectivity index (χ3v) is 4.17. The monoisotopic (exact) mass is 273 g/mol. The van der Waals surface area contributed by atoms with Gasteiger partial charge in [0.1, 0.15) is 0 Å². The van der Waals surface area contributed by atoms with Crippen molar-refractivity contribution in [3.63, 3.8) is 0 Å². The Morgan fingerprint density at radius 1 is 1.44 bits per heavy atom. The summed E-state index contributed by atoms with van der Waals surface area (Å²) in [5, 5.41) is 17.8. The topological polar surface area (TPSA) is 104 Å². The summed E-state index contributed by atoms with van der Waals surface area (Å²) in [4.78, 5) is 10.8. The number of aromatic carboxylic acids is 1. The molecule has 0 heterocycles. The first-order chi connectivity index (χ1) is 8.29. The van der Waals surface area contributed by atoms with Crippen LogP contribution < -0.4 is 4.72 Å². The van der Waals surface area contributed by atoms with Crippen LogP contribution in [0.15, 0.2) is 23.1 Å². The molecule has 0 spiro atoms. The van der Waals surface area contributed by atoms with Crippen molar-refractivity contribution in [1.82, 2.24) is 4.72 Å². The van der Waals surface area contributed by atoms with Gasteiger partial charge in [-0.05, 0) is 31.5 Å². The fraction of sp³-hybridized carbons (Fsp3) is 0.364. The minimum Gasteiger partial charge on any atom is -0.478 e. The number of sulfonamides is 1. The SMILES string of the molecule is Cc1c(C(=O)O)cccc1S(=O)(=O)N[C@@H](C)CO. The zero-order chi connectivity index (χ0) is 13.9. The molecule has 1 aromatic rings. The van der Waals surface area contributed by atoms with Gasteiger partial charge in [-0.15, -0.1) is 0 Å². The highest BCUT2D eigenvalue weighted by Crippen LogP contribution is 2.19. The second-order valence-electron chi connectivity index (χ2n) is 3.94.